The number of ether oxygens (including phenoxy) is 3. The summed E-state index contributed by atoms with van der Waals surface area (Å²) in [6, 6.07) is 0. The zero-order valence-electron chi connectivity index (χ0n) is 19.6. The summed E-state index contributed by atoms with van der Waals surface area (Å²) >= 11 is 0. The molecule has 2 saturated carbocycles. The molecule has 12 nitrogen and oxygen atoms in total. The Hall–Kier alpha value is -2.89. The van der Waals surface area contributed by atoms with Gasteiger partial charge in [-0.1, -0.05) is 0 Å². The molecule has 2 fully saturated rings. The number of aliphatic hydroxyl groups is 1. The molecule has 0 spiro atoms. The molecule has 2 rings (SSSR count). The van der Waals surface area contributed by atoms with E-state index in [1.165, 1.54) is 0 Å². The highest BCUT2D eigenvalue weighted by Crippen LogP contribution is 2.63. The number of nitrogens with one attached hydrogen (secondary N) is 3. The molecule has 0 aromatic carbocycles. The Kier molecular flexibility index (Phi) is 8.28. The number of fused-ring (bicyclic) bond motifs is 1. The number of carbonyl (C=O) groups is 5. The molecule has 33 heavy (non-hydrogen) atoms. The van der Waals surface area contributed by atoms with E-state index in [-0.39, 0.29) is 19.6 Å². The molecule has 186 valence electrons. The molecule has 3 amide bonds. The lowest BCUT2D eigenvalue weighted by atomic mass is 9.89. The number of carbonyl (C=O) groups excluding carboxylic acids is 5. The summed E-state index contributed by atoms with van der Waals surface area (Å²) in [5.74, 6) is -4.59. The maximum atomic E-state index is 12.8. The first kappa shape index (κ1) is 26.4. The molecule has 12 heteroatoms. The fraction of sp³-hybridized carbons (Fsp3) is 0.762. The third-order valence-electron chi connectivity index (χ3n) is 5.42. The molecular weight excluding hydrogens is 438 g/mol. The van der Waals surface area contributed by atoms with Gasteiger partial charge in [-0.15, -0.1) is 0 Å². The summed E-state index contributed by atoms with van der Waals surface area (Å²) in [6.45, 7) is 7.55. The second-order valence-corrected chi connectivity index (χ2v) is 9.02. The zero-order chi connectivity index (χ0) is 25.0. The largest absolute Gasteiger partial charge is 0.466 e. The van der Waals surface area contributed by atoms with Gasteiger partial charge in [-0.3, -0.25) is 14.4 Å². The number of hydrogen-bond donors (Lipinski definition) is 4. The van der Waals surface area contributed by atoms with Crippen LogP contribution in [0.4, 0.5) is 4.79 Å². The standard InChI is InChI=1S/C21H33N3O9/c1-6-31-17(28)15-14-11(25)8-21(16(14)15,18(29)32-7-2)24-13(27)10-22-12(26)9-23-19(30)33-20(3,4)5/h11,14-16,25H,6-10H2,1-5H3,(H,22,26)(H,23,30)(H,24,27). The lowest BCUT2D eigenvalue weighted by Crippen LogP contribution is -2.59. The van der Waals surface area contributed by atoms with E-state index in [0.717, 1.165) is 0 Å². The van der Waals surface area contributed by atoms with E-state index in [1.54, 1.807) is 34.6 Å². The van der Waals surface area contributed by atoms with Crippen molar-refractivity contribution >= 4 is 29.8 Å². The predicted molar refractivity (Wildman–Crippen MR) is 112 cm³/mol. The summed E-state index contributed by atoms with van der Waals surface area (Å²) in [5.41, 5.74) is -2.33. The van der Waals surface area contributed by atoms with Crippen LogP contribution in [0.5, 0.6) is 0 Å². The van der Waals surface area contributed by atoms with Crippen LogP contribution >= 0.6 is 0 Å². The summed E-state index contributed by atoms with van der Waals surface area (Å²) in [4.78, 5) is 61.2. The minimum Gasteiger partial charge on any atom is -0.466 e. The molecule has 0 aliphatic heterocycles. The minimum absolute atomic E-state index is 0.0427. The molecule has 0 heterocycles. The minimum atomic E-state index is -1.60. The van der Waals surface area contributed by atoms with Crippen molar-refractivity contribution in [2.24, 2.45) is 17.8 Å². The SMILES string of the molecule is CCOC(=O)C1C2C(O)CC(NC(=O)CNC(=O)CNC(=O)OC(C)(C)C)(C(=O)OCC)C12. The lowest BCUT2D eigenvalue weighted by molar-refractivity contribution is -0.156. The molecular formula is C21H33N3O9. The van der Waals surface area contributed by atoms with Gasteiger partial charge in [-0.2, -0.15) is 0 Å². The Balaban J connectivity index is 1.97. The second-order valence-electron chi connectivity index (χ2n) is 9.02. The van der Waals surface area contributed by atoms with Crippen LogP contribution in [-0.2, 0) is 33.4 Å². The van der Waals surface area contributed by atoms with E-state index >= 15 is 0 Å². The number of alkyl carbamates (subject to hydrolysis) is 1. The van der Waals surface area contributed by atoms with Crippen LogP contribution in [0.15, 0.2) is 0 Å². The van der Waals surface area contributed by atoms with Crippen LogP contribution < -0.4 is 16.0 Å². The number of rotatable bonds is 9. The number of aliphatic hydroxyl groups excluding tert-OH is 1. The molecule has 2 aliphatic rings. The smallest absolute Gasteiger partial charge is 0.408 e. The Morgan fingerprint density at radius 2 is 1.58 bits per heavy atom. The van der Waals surface area contributed by atoms with Gasteiger partial charge in [0.05, 0.1) is 31.8 Å². The molecule has 5 atom stereocenters. The van der Waals surface area contributed by atoms with Gasteiger partial charge in [0.15, 0.2) is 0 Å². The third kappa shape index (κ3) is 6.34. The highest BCUT2D eigenvalue weighted by atomic mass is 16.6. The average Bonchev–Trinajstić information content (AvgIpc) is 3.39. The number of hydrogen-bond acceptors (Lipinski definition) is 9. The van der Waals surface area contributed by atoms with Gasteiger partial charge in [0, 0.05) is 18.3 Å². The van der Waals surface area contributed by atoms with Crippen molar-refractivity contribution in [2.75, 3.05) is 26.3 Å². The maximum Gasteiger partial charge on any atom is 0.408 e. The Labute approximate surface area is 192 Å². The van der Waals surface area contributed by atoms with Crippen LogP contribution in [0.25, 0.3) is 0 Å². The highest BCUT2D eigenvalue weighted by Gasteiger charge is 2.76. The van der Waals surface area contributed by atoms with Gasteiger partial charge < -0.3 is 35.3 Å². The average molecular weight is 472 g/mol. The van der Waals surface area contributed by atoms with Crippen molar-refractivity contribution in [3.8, 4) is 0 Å². The molecule has 0 saturated heterocycles. The van der Waals surface area contributed by atoms with E-state index < -0.39 is 77.9 Å². The van der Waals surface area contributed by atoms with E-state index in [4.69, 9.17) is 14.2 Å². The second kappa shape index (κ2) is 10.4. The van der Waals surface area contributed by atoms with Crippen molar-refractivity contribution in [1.29, 1.82) is 0 Å². The summed E-state index contributed by atoms with van der Waals surface area (Å²) < 4.78 is 15.2. The van der Waals surface area contributed by atoms with Crippen molar-refractivity contribution in [2.45, 2.75) is 58.3 Å². The fourth-order valence-corrected chi connectivity index (χ4v) is 4.26. The summed E-state index contributed by atoms with van der Waals surface area (Å²) in [6.07, 6.45) is -1.90. The number of amides is 3. The first-order valence-electron chi connectivity index (χ1n) is 10.9. The van der Waals surface area contributed by atoms with E-state index in [2.05, 4.69) is 16.0 Å². The van der Waals surface area contributed by atoms with Crippen LogP contribution in [0.1, 0.15) is 41.0 Å². The predicted octanol–water partition coefficient (Wildman–Crippen LogP) is -0.765. The number of esters is 2. The quantitative estimate of drug-likeness (QED) is 0.249. The van der Waals surface area contributed by atoms with Crippen LogP contribution in [0, 0.1) is 17.8 Å². The van der Waals surface area contributed by atoms with Crippen molar-refractivity contribution in [3.63, 3.8) is 0 Å². The first-order chi connectivity index (χ1) is 15.4. The zero-order valence-corrected chi connectivity index (χ0v) is 19.6. The molecule has 5 unspecified atom stereocenters. The van der Waals surface area contributed by atoms with Gasteiger partial charge in [-0.25, -0.2) is 9.59 Å². The molecule has 2 aliphatic carbocycles. The van der Waals surface area contributed by atoms with Gasteiger partial charge in [0.25, 0.3) is 0 Å². The molecule has 0 radical (unpaired) electrons. The third-order valence-corrected chi connectivity index (χ3v) is 5.42. The van der Waals surface area contributed by atoms with Gasteiger partial charge in [0.2, 0.25) is 11.8 Å². The maximum absolute atomic E-state index is 12.8. The molecule has 0 aromatic heterocycles. The molecule has 0 bridgehead atoms. The van der Waals surface area contributed by atoms with Gasteiger partial charge in [-0.05, 0) is 34.6 Å². The summed E-state index contributed by atoms with van der Waals surface area (Å²) in [5, 5.41) is 17.6. The Morgan fingerprint density at radius 3 is 2.15 bits per heavy atom. The Morgan fingerprint density at radius 1 is 0.970 bits per heavy atom. The topological polar surface area (TPSA) is 169 Å². The van der Waals surface area contributed by atoms with Crippen LogP contribution in [0.3, 0.4) is 0 Å². The summed E-state index contributed by atoms with van der Waals surface area (Å²) in [7, 11) is 0. The molecule has 4 N–H and O–H groups in total. The van der Waals surface area contributed by atoms with E-state index in [9.17, 15) is 29.1 Å². The molecule has 0 aromatic rings. The van der Waals surface area contributed by atoms with Gasteiger partial charge in [0.1, 0.15) is 17.7 Å². The monoisotopic (exact) mass is 471 g/mol. The van der Waals surface area contributed by atoms with Crippen LogP contribution in [0.2, 0.25) is 0 Å². The lowest BCUT2D eigenvalue weighted by Gasteiger charge is -2.31. The van der Waals surface area contributed by atoms with Crippen molar-refractivity contribution < 1.29 is 43.3 Å². The van der Waals surface area contributed by atoms with Crippen molar-refractivity contribution in [3.05, 3.63) is 0 Å². The van der Waals surface area contributed by atoms with Crippen LogP contribution in [-0.4, -0.2) is 78.5 Å². The van der Waals surface area contributed by atoms with E-state index in [1.807, 2.05) is 0 Å². The van der Waals surface area contributed by atoms with E-state index in [0.29, 0.717) is 0 Å². The first-order valence-corrected chi connectivity index (χ1v) is 10.9. The highest BCUT2D eigenvalue weighted by molar-refractivity contribution is 5.94. The normalized spacial score (nSPS) is 27.6. The Bertz CT molecular complexity index is 794. The fourth-order valence-electron chi connectivity index (χ4n) is 4.26. The van der Waals surface area contributed by atoms with Crippen molar-refractivity contribution in [1.82, 2.24) is 16.0 Å². The van der Waals surface area contributed by atoms with Gasteiger partial charge >= 0.3 is 18.0 Å².